The summed E-state index contributed by atoms with van der Waals surface area (Å²) < 4.78 is 11.6. The highest BCUT2D eigenvalue weighted by molar-refractivity contribution is 6.05. The molecule has 6 nitrogen and oxygen atoms in total. The minimum Gasteiger partial charge on any atom is -0.490 e. The molecule has 0 aromatic heterocycles. The highest BCUT2D eigenvalue weighted by Gasteiger charge is 2.34. The third-order valence-corrected chi connectivity index (χ3v) is 5.03. The third-order valence-electron chi connectivity index (χ3n) is 5.03. The van der Waals surface area contributed by atoms with Crippen LogP contribution in [-0.2, 0) is 4.79 Å². The maximum Gasteiger partial charge on any atom is 0.329 e. The number of carbonyl (C=O) groups excluding carboxylic acids is 1. The maximum atomic E-state index is 13.0. The molecule has 0 aliphatic carbocycles. The van der Waals surface area contributed by atoms with Crippen molar-refractivity contribution in [2.45, 2.75) is 25.8 Å². The molecular weight excluding hydrogens is 382 g/mol. The zero-order chi connectivity index (χ0) is 21.6. The molecule has 156 valence electrons. The van der Waals surface area contributed by atoms with E-state index in [1.165, 1.54) is 6.92 Å². The Morgan fingerprint density at radius 2 is 1.60 bits per heavy atom. The van der Waals surface area contributed by atoms with Crippen molar-refractivity contribution in [3.05, 3.63) is 72.3 Å². The van der Waals surface area contributed by atoms with Gasteiger partial charge in [0.1, 0.15) is 30.3 Å². The smallest absolute Gasteiger partial charge is 0.329 e. The van der Waals surface area contributed by atoms with E-state index in [-0.39, 0.29) is 18.6 Å². The third kappa shape index (κ3) is 4.71. The molecule has 0 heterocycles. The lowest BCUT2D eigenvalue weighted by Gasteiger charge is -2.25. The van der Waals surface area contributed by atoms with E-state index in [1.54, 1.807) is 13.0 Å². The van der Waals surface area contributed by atoms with Gasteiger partial charge in [0.05, 0.1) is 5.56 Å². The van der Waals surface area contributed by atoms with Crippen LogP contribution in [0.3, 0.4) is 0 Å². The van der Waals surface area contributed by atoms with Gasteiger partial charge >= 0.3 is 5.97 Å². The molecule has 0 bridgehead atoms. The predicted octanol–water partition coefficient (Wildman–Crippen LogP) is 4.28. The van der Waals surface area contributed by atoms with Crippen LogP contribution in [0.1, 0.15) is 30.6 Å². The van der Waals surface area contributed by atoms with Crippen molar-refractivity contribution in [3.63, 3.8) is 0 Å². The topological polar surface area (TPSA) is 84.9 Å². The number of benzene rings is 3. The van der Waals surface area contributed by atoms with Gasteiger partial charge in [-0.1, -0.05) is 55.5 Å². The fourth-order valence-corrected chi connectivity index (χ4v) is 3.01. The Hall–Kier alpha value is -3.54. The van der Waals surface area contributed by atoms with Crippen LogP contribution in [0.15, 0.2) is 66.7 Å². The van der Waals surface area contributed by atoms with Crippen molar-refractivity contribution in [1.82, 2.24) is 5.32 Å². The zero-order valence-electron chi connectivity index (χ0n) is 17.1. The number of carboxylic acid groups (broad SMARTS) is 1. The van der Waals surface area contributed by atoms with Crippen LogP contribution in [0.25, 0.3) is 10.8 Å². The van der Waals surface area contributed by atoms with Crippen LogP contribution >= 0.6 is 0 Å². The van der Waals surface area contributed by atoms with Crippen LogP contribution < -0.4 is 14.8 Å². The molecule has 0 saturated heterocycles. The number of ether oxygens (including phenoxy) is 2. The number of fused-ring (bicyclic) bond motifs is 1. The van der Waals surface area contributed by atoms with E-state index < -0.39 is 17.4 Å². The molecule has 3 aromatic carbocycles. The Morgan fingerprint density at radius 3 is 2.30 bits per heavy atom. The molecular formula is C24H25NO5. The van der Waals surface area contributed by atoms with Gasteiger partial charge < -0.3 is 19.9 Å². The van der Waals surface area contributed by atoms with Gasteiger partial charge in [-0.2, -0.15) is 0 Å². The summed E-state index contributed by atoms with van der Waals surface area (Å²) in [5.41, 5.74) is -1.08. The van der Waals surface area contributed by atoms with E-state index in [0.29, 0.717) is 12.4 Å². The van der Waals surface area contributed by atoms with Gasteiger partial charge in [0, 0.05) is 5.39 Å². The number of carboxylic acids is 1. The standard InChI is InChI=1S/C24H25NO5/c1-3-24(2,23(27)28)25-22(26)20-14-13-17-9-7-8-12-19(17)21(20)30-16-15-29-18-10-5-4-6-11-18/h4-14H,3,15-16H2,1-2H3,(H,25,26)(H,27,28). The Bertz CT molecular complexity index is 1030. The van der Waals surface area contributed by atoms with Crippen LogP contribution in [0, 0.1) is 0 Å². The number of aliphatic carboxylic acids is 1. The van der Waals surface area contributed by atoms with E-state index in [4.69, 9.17) is 9.47 Å². The highest BCUT2D eigenvalue weighted by atomic mass is 16.5. The fourth-order valence-electron chi connectivity index (χ4n) is 3.01. The largest absolute Gasteiger partial charge is 0.490 e. The average Bonchev–Trinajstić information content (AvgIpc) is 2.77. The molecule has 3 aromatic rings. The van der Waals surface area contributed by atoms with Crippen molar-refractivity contribution in [3.8, 4) is 11.5 Å². The van der Waals surface area contributed by atoms with Crippen molar-refractivity contribution in [2.75, 3.05) is 13.2 Å². The fraction of sp³-hybridized carbons (Fsp3) is 0.250. The first-order valence-corrected chi connectivity index (χ1v) is 9.83. The van der Waals surface area contributed by atoms with Crippen molar-refractivity contribution >= 4 is 22.6 Å². The van der Waals surface area contributed by atoms with Crippen molar-refractivity contribution in [1.29, 1.82) is 0 Å². The summed E-state index contributed by atoms with van der Waals surface area (Å²) in [5.74, 6) is -0.437. The summed E-state index contributed by atoms with van der Waals surface area (Å²) in [6, 6.07) is 20.4. The molecule has 0 fully saturated rings. The van der Waals surface area contributed by atoms with E-state index in [2.05, 4.69) is 5.32 Å². The minimum atomic E-state index is -1.36. The molecule has 0 aliphatic heterocycles. The van der Waals surface area contributed by atoms with Gasteiger partial charge in [-0.05, 0) is 36.9 Å². The quantitative estimate of drug-likeness (QED) is 0.517. The van der Waals surface area contributed by atoms with Crippen LogP contribution in [0.2, 0.25) is 0 Å². The SMILES string of the molecule is CCC(C)(NC(=O)c1ccc2ccccc2c1OCCOc1ccccc1)C(=O)O. The highest BCUT2D eigenvalue weighted by Crippen LogP contribution is 2.30. The van der Waals surface area contributed by atoms with E-state index >= 15 is 0 Å². The zero-order valence-corrected chi connectivity index (χ0v) is 17.1. The number of hydrogen-bond donors (Lipinski definition) is 2. The molecule has 1 unspecified atom stereocenters. The van der Waals surface area contributed by atoms with E-state index in [1.807, 2.05) is 60.7 Å². The molecule has 0 radical (unpaired) electrons. The Kier molecular flexibility index (Phi) is 6.57. The molecule has 6 heteroatoms. The number of rotatable bonds is 9. The molecule has 3 rings (SSSR count). The Balaban J connectivity index is 1.83. The second kappa shape index (κ2) is 9.31. The number of hydrogen-bond acceptors (Lipinski definition) is 4. The summed E-state index contributed by atoms with van der Waals surface area (Å²) in [7, 11) is 0. The Labute approximate surface area is 175 Å². The van der Waals surface area contributed by atoms with Gasteiger partial charge in [-0.3, -0.25) is 4.79 Å². The van der Waals surface area contributed by atoms with Crippen molar-refractivity contribution < 1.29 is 24.2 Å². The number of amides is 1. The van der Waals surface area contributed by atoms with Crippen molar-refractivity contribution in [2.24, 2.45) is 0 Å². The second-order valence-electron chi connectivity index (χ2n) is 7.12. The molecule has 1 atom stereocenters. The van der Waals surface area contributed by atoms with Gasteiger partial charge in [0.2, 0.25) is 0 Å². The average molecular weight is 407 g/mol. The Morgan fingerprint density at radius 1 is 0.933 bits per heavy atom. The summed E-state index contributed by atoms with van der Waals surface area (Å²) >= 11 is 0. The number of nitrogens with one attached hydrogen (secondary N) is 1. The van der Waals surface area contributed by atoms with E-state index in [0.717, 1.165) is 16.5 Å². The van der Waals surface area contributed by atoms with Gasteiger partial charge in [0.25, 0.3) is 5.91 Å². The first-order valence-electron chi connectivity index (χ1n) is 9.83. The van der Waals surface area contributed by atoms with Gasteiger partial charge in [0.15, 0.2) is 0 Å². The van der Waals surface area contributed by atoms with Gasteiger partial charge in [-0.25, -0.2) is 4.79 Å². The molecule has 30 heavy (non-hydrogen) atoms. The summed E-state index contributed by atoms with van der Waals surface area (Å²) in [5, 5.41) is 13.8. The first-order chi connectivity index (χ1) is 14.4. The lowest BCUT2D eigenvalue weighted by atomic mass is 9.97. The molecule has 0 aliphatic rings. The number of para-hydroxylation sites is 1. The number of carbonyl (C=O) groups is 2. The monoisotopic (exact) mass is 407 g/mol. The summed E-state index contributed by atoms with van der Waals surface area (Å²) in [6.07, 6.45) is 0.253. The molecule has 2 N–H and O–H groups in total. The van der Waals surface area contributed by atoms with E-state index in [9.17, 15) is 14.7 Å². The maximum absolute atomic E-state index is 13.0. The summed E-state index contributed by atoms with van der Waals surface area (Å²) in [6.45, 7) is 3.74. The molecule has 0 spiro atoms. The molecule has 1 amide bonds. The summed E-state index contributed by atoms with van der Waals surface area (Å²) in [4.78, 5) is 24.6. The van der Waals surface area contributed by atoms with Crippen LogP contribution in [0.5, 0.6) is 11.5 Å². The minimum absolute atomic E-state index is 0.229. The van der Waals surface area contributed by atoms with Crippen LogP contribution in [-0.4, -0.2) is 35.7 Å². The normalized spacial score (nSPS) is 12.7. The molecule has 0 saturated carbocycles. The van der Waals surface area contributed by atoms with Crippen LogP contribution in [0.4, 0.5) is 0 Å². The predicted molar refractivity (Wildman–Crippen MR) is 115 cm³/mol. The van der Waals surface area contributed by atoms with Gasteiger partial charge in [-0.15, -0.1) is 0 Å². The lowest BCUT2D eigenvalue weighted by molar-refractivity contribution is -0.143. The lowest BCUT2D eigenvalue weighted by Crippen LogP contribution is -2.51. The first kappa shape index (κ1) is 21.2. The second-order valence-corrected chi connectivity index (χ2v) is 7.12.